The molecule has 0 saturated carbocycles. The summed E-state index contributed by atoms with van der Waals surface area (Å²) in [5.74, 6) is 0. The van der Waals surface area contributed by atoms with Crippen molar-refractivity contribution in [1.29, 1.82) is 0 Å². The molecule has 0 bridgehead atoms. The number of halogens is 3. The number of alkyl halides is 3. The van der Waals surface area contributed by atoms with Crippen LogP contribution in [-0.2, 0) is 0 Å². The van der Waals surface area contributed by atoms with Crippen LogP contribution in [0.25, 0.3) is 0 Å². The SMILES string of the molecule is C[SiH](C)C(I)(I)I. The van der Waals surface area contributed by atoms with E-state index < -0.39 is 8.80 Å². The topological polar surface area (TPSA) is 0 Å². The van der Waals surface area contributed by atoms with Gasteiger partial charge in [-0.15, -0.1) is 0 Å². The zero-order valence-corrected chi connectivity index (χ0v) is 11.8. The van der Waals surface area contributed by atoms with Crippen LogP contribution in [-0.4, -0.2) is 7.86 Å². The van der Waals surface area contributed by atoms with Gasteiger partial charge in [-0.25, -0.2) is 0 Å². The second-order valence-corrected chi connectivity index (χ2v) is 19.7. The first-order valence-electron chi connectivity index (χ1n) is 2.01. The lowest BCUT2D eigenvalue weighted by atomic mass is 11.8. The van der Waals surface area contributed by atoms with E-state index in [0.717, 1.165) is 0 Å². The van der Waals surface area contributed by atoms with E-state index in [4.69, 9.17) is 0 Å². The third kappa shape index (κ3) is 4.88. The first kappa shape index (κ1) is 9.41. The Kier molecular flexibility index (Phi) is 4.76. The van der Waals surface area contributed by atoms with Crippen molar-refractivity contribution in [1.82, 2.24) is 0 Å². The fourth-order valence-electron chi connectivity index (χ4n) is 0. The van der Waals surface area contributed by atoms with Crippen LogP contribution in [0.1, 0.15) is 0 Å². The summed E-state index contributed by atoms with van der Waals surface area (Å²) < 4.78 is 0.549. The fraction of sp³-hybridized carbons (Fsp3) is 1.00. The highest BCUT2D eigenvalue weighted by atomic mass is 127. The first-order valence-corrected chi connectivity index (χ1v) is 8.13. The molecule has 0 fully saturated rings. The maximum absolute atomic E-state index is 2.50. The predicted octanol–water partition coefficient (Wildman–Crippen LogP) is 2.97. The van der Waals surface area contributed by atoms with E-state index in [-0.39, 0.29) is 0 Å². The van der Waals surface area contributed by atoms with E-state index >= 15 is 0 Å². The van der Waals surface area contributed by atoms with Crippen molar-refractivity contribution < 1.29 is 0 Å². The lowest BCUT2D eigenvalue weighted by Crippen LogP contribution is -2.19. The average Bonchev–Trinajstić information content (AvgIpc) is 1.31. The largest absolute Gasteiger partial charge is 0.110 e. The summed E-state index contributed by atoms with van der Waals surface area (Å²) in [6, 6.07) is 0. The van der Waals surface area contributed by atoms with Gasteiger partial charge >= 0.3 is 0 Å². The number of rotatable bonds is 1. The molecule has 44 valence electrons. The monoisotopic (exact) mass is 452 g/mol. The molecule has 0 aliphatic heterocycles. The maximum atomic E-state index is 2.50. The second-order valence-electron chi connectivity index (χ2n) is 1.70. The molecule has 4 heteroatoms. The van der Waals surface area contributed by atoms with Gasteiger partial charge in [-0.05, 0) is 0 Å². The van der Waals surface area contributed by atoms with E-state index in [1.165, 1.54) is 0 Å². The lowest BCUT2D eigenvalue weighted by Gasteiger charge is -2.14. The number of hydrogen-bond donors (Lipinski definition) is 0. The minimum atomic E-state index is -0.399. The van der Waals surface area contributed by atoms with Crippen molar-refractivity contribution >= 4 is 76.6 Å². The van der Waals surface area contributed by atoms with Gasteiger partial charge in [0.25, 0.3) is 0 Å². The van der Waals surface area contributed by atoms with E-state index in [1.54, 1.807) is 0 Å². The first-order chi connectivity index (χ1) is 2.94. The van der Waals surface area contributed by atoms with Gasteiger partial charge < -0.3 is 0 Å². The molecule has 0 radical (unpaired) electrons. The standard InChI is InChI=1S/C3H7I3Si/c1-7(2)3(4,5)6/h7H,1-2H3. The Morgan fingerprint density at radius 2 is 1.29 bits per heavy atom. The van der Waals surface area contributed by atoms with Crippen LogP contribution in [0.3, 0.4) is 0 Å². The molecule has 0 amide bonds. The van der Waals surface area contributed by atoms with Crippen LogP contribution in [0.15, 0.2) is 0 Å². The van der Waals surface area contributed by atoms with Crippen LogP contribution in [0.2, 0.25) is 13.1 Å². The molecule has 0 unspecified atom stereocenters. The molecule has 0 aliphatic carbocycles. The van der Waals surface area contributed by atoms with Crippen molar-refractivity contribution in [3.05, 3.63) is 0 Å². The van der Waals surface area contributed by atoms with Gasteiger partial charge in [0.15, 0.2) is 0 Å². The quantitative estimate of drug-likeness (QED) is 0.327. The summed E-state index contributed by atoms with van der Waals surface area (Å²) in [6.45, 7) is 4.73. The summed E-state index contributed by atoms with van der Waals surface area (Å²) in [5, 5.41) is 0. The van der Waals surface area contributed by atoms with Crippen molar-refractivity contribution in [2.75, 3.05) is 0 Å². The van der Waals surface area contributed by atoms with Crippen molar-refractivity contribution in [2.24, 2.45) is 0 Å². The third-order valence-electron chi connectivity index (χ3n) is 0.655. The second kappa shape index (κ2) is 3.54. The number of hydrogen-bond acceptors (Lipinski definition) is 0. The molecule has 0 rings (SSSR count). The minimum absolute atomic E-state index is 0.399. The third-order valence-corrected chi connectivity index (χ3v) is 13.2. The Bertz CT molecular complexity index is 55.7. The van der Waals surface area contributed by atoms with Gasteiger partial charge in [-0.1, -0.05) is 80.9 Å². The molecule has 0 heterocycles. The lowest BCUT2D eigenvalue weighted by molar-refractivity contribution is 1.84. The zero-order chi connectivity index (χ0) is 6.08. The molecule has 0 atom stereocenters. The van der Waals surface area contributed by atoms with E-state index in [9.17, 15) is 0 Å². The van der Waals surface area contributed by atoms with Gasteiger partial charge in [-0.3, -0.25) is 0 Å². The zero-order valence-electron chi connectivity index (χ0n) is 4.21. The Balaban J connectivity index is 3.54. The normalized spacial score (nSPS) is 12.9. The van der Waals surface area contributed by atoms with Gasteiger partial charge in [-0.2, -0.15) is 0 Å². The van der Waals surface area contributed by atoms with Gasteiger partial charge in [0, 0.05) is 0 Å². The molecule has 7 heavy (non-hydrogen) atoms. The fourth-order valence-corrected chi connectivity index (χ4v) is 0. The molecule has 0 N–H and O–H groups in total. The summed E-state index contributed by atoms with van der Waals surface area (Å²) in [4.78, 5) is 0. The maximum Gasteiger partial charge on any atom is 0.110 e. The highest BCUT2D eigenvalue weighted by Gasteiger charge is 2.22. The molecule has 0 aromatic heterocycles. The Morgan fingerprint density at radius 3 is 1.29 bits per heavy atom. The van der Waals surface area contributed by atoms with E-state index in [2.05, 4.69) is 80.9 Å². The molecule has 0 aromatic rings. The summed E-state index contributed by atoms with van der Waals surface area (Å²) in [6.07, 6.45) is 0. The summed E-state index contributed by atoms with van der Waals surface area (Å²) in [5.41, 5.74) is 0. The Morgan fingerprint density at radius 1 is 1.14 bits per heavy atom. The molecular weight excluding hydrogens is 445 g/mol. The van der Waals surface area contributed by atoms with Crippen molar-refractivity contribution in [3.63, 3.8) is 0 Å². The van der Waals surface area contributed by atoms with Gasteiger partial charge in [0.2, 0.25) is 0 Å². The van der Waals surface area contributed by atoms with Gasteiger partial charge in [0.05, 0.1) is 8.80 Å². The average molecular weight is 452 g/mol. The van der Waals surface area contributed by atoms with Gasteiger partial charge in [0.1, 0.15) is -0.942 Å². The highest BCUT2D eigenvalue weighted by molar-refractivity contribution is 14.3. The molecule has 0 spiro atoms. The predicted molar refractivity (Wildman–Crippen MR) is 63.7 cm³/mol. The van der Waals surface area contributed by atoms with Crippen LogP contribution in [0.5, 0.6) is 0 Å². The summed E-state index contributed by atoms with van der Waals surface area (Å²) >= 11 is 7.50. The van der Waals surface area contributed by atoms with E-state index in [0.29, 0.717) is -0.942 Å². The van der Waals surface area contributed by atoms with E-state index in [1.807, 2.05) is 0 Å². The Labute approximate surface area is 87.2 Å². The summed E-state index contributed by atoms with van der Waals surface area (Å²) in [7, 11) is -0.399. The van der Waals surface area contributed by atoms with Crippen LogP contribution in [0.4, 0.5) is 0 Å². The highest BCUT2D eigenvalue weighted by Crippen LogP contribution is 2.37. The molecule has 0 nitrogen and oxygen atoms in total. The van der Waals surface area contributed by atoms with Crippen molar-refractivity contribution in [2.45, 2.75) is 12.2 Å². The smallest absolute Gasteiger partial charge is 0.0696 e. The molecule has 0 saturated heterocycles. The van der Waals surface area contributed by atoms with Crippen LogP contribution >= 0.6 is 67.8 Å². The molecular formula is C3H7I3Si. The van der Waals surface area contributed by atoms with Crippen LogP contribution in [0, 0.1) is 0 Å². The molecule has 0 aromatic carbocycles. The van der Waals surface area contributed by atoms with Crippen molar-refractivity contribution in [3.8, 4) is 0 Å². The van der Waals surface area contributed by atoms with Crippen LogP contribution < -0.4 is 0 Å². The Hall–Kier alpha value is 2.41. The minimum Gasteiger partial charge on any atom is -0.0696 e. The molecule has 0 aliphatic rings.